The van der Waals surface area contributed by atoms with Crippen molar-refractivity contribution in [1.29, 1.82) is 0 Å². The second-order valence-corrected chi connectivity index (χ2v) is 5.51. The molecular formula is C16H16N2O. The summed E-state index contributed by atoms with van der Waals surface area (Å²) in [7, 11) is 0. The van der Waals surface area contributed by atoms with E-state index in [2.05, 4.69) is 24.9 Å². The summed E-state index contributed by atoms with van der Waals surface area (Å²) in [5.41, 5.74) is 2.71. The number of amides is 1. The topological polar surface area (TPSA) is 33.2 Å². The molecular weight excluding hydrogens is 236 g/mol. The largest absolute Gasteiger partial charge is 0.306 e. The van der Waals surface area contributed by atoms with Crippen molar-refractivity contribution in [3.63, 3.8) is 0 Å². The lowest BCUT2D eigenvalue weighted by atomic mass is 9.87. The Hall–Kier alpha value is -2.16. The average Bonchev–Trinajstić information content (AvgIpc) is 2.72. The number of aromatic nitrogens is 1. The number of fused-ring (bicyclic) bond motifs is 1. The van der Waals surface area contributed by atoms with Crippen molar-refractivity contribution in [2.45, 2.75) is 19.3 Å². The van der Waals surface area contributed by atoms with Crippen LogP contribution in [0.15, 0.2) is 48.7 Å². The molecule has 3 heteroatoms. The number of nitrogens with zero attached hydrogens (tertiary/aromatic N) is 2. The van der Waals surface area contributed by atoms with E-state index in [9.17, 15) is 4.79 Å². The second-order valence-electron chi connectivity index (χ2n) is 5.51. The van der Waals surface area contributed by atoms with E-state index < -0.39 is 0 Å². The van der Waals surface area contributed by atoms with Gasteiger partial charge in [0.2, 0.25) is 0 Å². The van der Waals surface area contributed by atoms with Crippen LogP contribution in [0.3, 0.4) is 0 Å². The molecule has 0 bridgehead atoms. The predicted octanol–water partition coefficient (Wildman–Crippen LogP) is 3.02. The number of pyridine rings is 1. The first kappa shape index (κ1) is 11.9. The van der Waals surface area contributed by atoms with Crippen LogP contribution < -0.4 is 4.90 Å². The van der Waals surface area contributed by atoms with E-state index in [0.717, 1.165) is 5.69 Å². The van der Waals surface area contributed by atoms with Crippen molar-refractivity contribution in [3.05, 3.63) is 59.9 Å². The maximum absolute atomic E-state index is 12.6. The highest BCUT2D eigenvalue weighted by molar-refractivity contribution is 6.06. The van der Waals surface area contributed by atoms with Crippen LogP contribution in [0.25, 0.3) is 0 Å². The van der Waals surface area contributed by atoms with Gasteiger partial charge >= 0.3 is 0 Å². The van der Waals surface area contributed by atoms with Gasteiger partial charge in [0, 0.05) is 23.8 Å². The van der Waals surface area contributed by atoms with Crippen molar-refractivity contribution < 1.29 is 4.79 Å². The van der Waals surface area contributed by atoms with Gasteiger partial charge in [-0.3, -0.25) is 9.78 Å². The van der Waals surface area contributed by atoms with Crippen molar-refractivity contribution in [1.82, 2.24) is 4.98 Å². The zero-order valence-corrected chi connectivity index (χ0v) is 11.1. The van der Waals surface area contributed by atoms with E-state index in [1.54, 1.807) is 12.3 Å². The van der Waals surface area contributed by atoms with Crippen LogP contribution in [0.5, 0.6) is 0 Å². The van der Waals surface area contributed by atoms with Crippen molar-refractivity contribution >= 4 is 11.6 Å². The Kier molecular flexibility index (Phi) is 2.63. The first-order valence-corrected chi connectivity index (χ1v) is 6.42. The summed E-state index contributed by atoms with van der Waals surface area (Å²) in [6, 6.07) is 13.5. The minimum Gasteiger partial charge on any atom is -0.306 e. The van der Waals surface area contributed by atoms with E-state index in [1.165, 1.54) is 5.56 Å². The summed E-state index contributed by atoms with van der Waals surface area (Å²) in [5.74, 6) is -0.0291. The molecule has 1 aromatic heterocycles. The maximum atomic E-state index is 12.6. The molecule has 2 heterocycles. The molecule has 0 N–H and O–H groups in total. The van der Waals surface area contributed by atoms with Crippen molar-refractivity contribution in [2.75, 3.05) is 11.4 Å². The van der Waals surface area contributed by atoms with Gasteiger partial charge in [-0.25, -0.2) is 0 Å². The molecule has 3 nitrogen and oxygen atoms in total. The maximum Gasteiger partial charge on any atom is 0.276 e. The van der Waals surface area contributed by atoms with Gasteiger partial charge in [0.25, 0.3) is 5.91 Å². The lowest BCUT2D eigenvalue weighted by Crippen LogP contribution is -2.34. The Morgan fingerprint density at radius 1 is 1.16 bits per heavy atom. The zero-order valence-electron chi connectivity index (χ0n) is 11.1. The van der Waals surface area contributed by atoms with Crippen LogP contribution in [0.1, 0.15) is 29.9 Å². The van der Waals surface area contributed by atoms with E-state index >= 15 is 0 Å². The quantitative estimate of drug-likeness (QED) is 0.781. The number of hydrogen-bond acceptors (Lipinski definition) is 2. The van der Waals surface area contributed by atoms with Gasteiger partial charge in [-0.2, -0.15) is 0 Å². The van der Waals surface area contributed by atoms with Crippen LogP contribution in [0.2, 0.25) is 0 Å². The number of carbonyl (C=O) groups is 1. The molecule has 3 rings (SSSR count). The summed E-state index contributed by atoms with van der Waals surface area (Å²) in [6.07, 6.45) is 1.65. The van der Waals surface area contributed by atoms with Gasteiger partial charge in [0.15, 0.2) is 0 Å². The summed E-state index contributed by atoms with van der Waals surface area (Å²) < 4.78 is 0. The van der Waals surface area contributed by atoms with Gasteiger partial charge in [-0.15, -0.1) is 0 Å². The van der Waals surface area contributed by atoms with Crippen LogP contribution in [0, 0.1) is 0 Å². The third-order valence-corrected chi connectivity index (χ3v) is 3.61. The molecule has 1 aliphatic heterocycles. The minimum atomic E-state index is -0.0291. The second kappa shape index (κ2) is 4.19. The molecule has 1 aromatic carbocycles. The van der Waals surface area contributed by atoms with Crippen LogP contribution in [0.4, 0.5) is 5.69 Å². The summed E-state index contributed by atoms with van der Waals surface area (Å²) in [6.45, 7) is 5.02. The van der Waals surface area contributed by atoms with Gasteiger partial charge in [-0.1, -0.05) is 38.1 Å². The number of benzene rings is 1. The Labute approximate surface area is 112 Å². The third kappa shape index (κ3) is 1.91. The van der Waals surface area contributed by atoms with E-state index in [4.69, 9.17) is 0 Å². The third-order valence-electron chi connectivity index (χ3n) is 3.61. The number of anilines is 1. The normalized spacial score (nSPS) is 16.2. The van der Waals surface area contributed by atoms with Crippen molar-refractivity contribution in [2.24, 2.45) is 0 Å². The van der Waals surface area contributed by atoms with Gasteiger partial charge in [0.1, 0.15) is 5.69 Å². The molecule has 0 spiro atoms. The molecule has 0 aliphatic carbocycles. The van der Waals surface area contributed by atoms with Crippen LogP contribution in [-0.2, 0) is 5.41 Å². The number of rotatable bonds is 1. The van der Waals surface area contributed by atoms with E-state index in [-0.39, 0.29) is 11.3 Å². The SMILES string of the molecule is CC1(C)CN(C(=O)c2ccccn2)c2ccccc21. The van der Waals surface area contributed by atoms with Crippen LogP contribution in [-0.4, -0.2) is 17.4 Å². The van der Waals surface area contributed by atoms with Crippen LogP contribution >= 0.6 is 0 Å². The highest BCUT2D eigenvalue weighted by Crippen LogP contribution is 2.40. The lowest BCUT2D eigenvalue weighted by molar-refractivity contribution is 0.0981. The fourth-order valence-electron chi connectivity index (χ4n) is 2.66. The molecule has 0 atom stereocenters. The minimum absolute atomic E-state index is 0.0129. The highest BCUT2D eigenvalue weighted by atomic mass is 16.2. The average molecular weight is 252 g/mol. The molecule has 19 heavy (non-hydrogen) atoms. The molecule has 2 aromatic rings. The number of carbonyl (C=O) groups excluding carboxylic acids is 1. The highest BCUT2D eigenvalue weighted by Gasteiger charge is 2.38. The number of para-hydroxylation sites is 1. The molecule has 0 radical (unpaired) electrons. The smallest absolute Gasteiger partial charge is 0.276 e. The Morgan fingerprint density at radius 2 is 1.89 bits per heavy atom. The fraction of sp³-hybridized carbons (Fsp3) is 0.250. The molecule has 0 saturated heterocycles. The van der Waals surface area contributed by atoms with E-state index in [1.807, 2.05) is 35.2 Å². The number of hydrogen-bond donors (Lipinski definition) is 0. The summed E-state index contributed by atoms with van der Waals surface area (Å²) >= 11 is 0. The first-order valence-electron chi connectivity index (χ1n) is 6.42. The fourth-order valence-corrected chi connectivity index (χ4v) is 2.66. The summed E-state index contributed by atoms with van der Waals surface area (Å²) in [4.78, 5) is 18.5. The molecule has 0 saturated carbocycles. The molecule has 0 unspecified atom stereocenters. The Balaban J connectivity index is 2.03. The molecule has 96 valence electrons. The van der Waals surface area contributed by atoms with Crippen molar-refractivity contribution in [3.8, 4) is 0 Å². The summed E-state index contributed by atoms with van der Waals surface area (Å²) in [5, 5.41) is 0. The standard InChI is InChI=1S/C16H16N2O/c1-16(2)11-18(14-9-4-3-7-12(14)16)15(19)13-8-5-6-10-17-13/h3-10H,11H2,1-2H3. The van der Waals surface area contributed by atoms with Gasteiger partial charge < -0.3 is 4.90 Å². The van der Waals surface area contributed by atoms with Gasteiger partial charge in [-0.05, 0) is 23.8 Å². The Bertz CT molecular complexity index is 620. The zero-order chi connectivity index (χ0) is 13.5. The molecule has 1 aliphatic rings. The van der Waals surface area contributed by atoms with E-state index in [0.29, 0.717) is 12.2 Å². The predicted molar refractivity (Wildman–Crippen MR) is 75.4 cm³/mol. The monoisotopic (exact) mass is 252 g/mol. The first-order chi connectivity index (χ1) is 9.09. The van der Waals surface area contributed by atoms with Gasteiger partial charge in [0.05, 0.1) is 0 Å². The molecule has 1 amide bonds. The lowest BCUT2D eigenvalue weighted by Gasteiger charge is -2.20. The Morgan fingerprint density at radius 3 is 2.63 bits per heavy atom. The molecule has 0 fully saturated rings.